The molecule has 0 saturated heterocycles. The highest BCUT2D eigenvalue weighted by Crippen LogP contribution is 2.20. The van der Waals surface area contributed by atoms with Gasteiger partial charge in [-0.1, -0.05) is 42.5 Å². The van der Waals surface area contributed by atoms with E-state index in [-0.39, 0.29) is 5.82 Å². The van der Waals surface area contributed by atoms with Crippen LogP contribution in [0.25, 0.3) is 0 Å². The van der Waals surface area contributed by atoms with Gasteiger partial charge in [-0.15, -0.1) is 0 Å². The van der Waals surface area contributed by atoms with Crippen molar-refractivity contribution in [1.29, 1.82) is 0 Å². The van der Waals surface area contributed by atoms with Crippen LogP contribution in [0.1, 0.15) is 29.5 Å². The van der Waals surface area contributed by atoms with Crippen LogP contribution in [0.5, 0.6) is 0 Å². The second kappa shape index (κ2) is 6.83. The van der Waals surface area contributed by atoms with Crippen molar-refractivity contribution in [3.8, 4) is 0 Å². The molecule has 2 aromatic rings. The van der Waals surface area contributed by atoms with E-state index in [1.54, 1.807) is 12.1 Å². The number of rotatable bonds is 7. The molecule has 21 heavy (non-hydrogen) atoms. The number of benzene rings is 2. The summed E-state index contributed by atoms with van der Waals surface area (Å²) in [6.45, 7) is 1.69. The number of ether oxygens (including phenoxy) is 1. The van der Waals surface area contributed by atoms with Gasteiger partial charge in [0.05, 0.1) is 13.2 Å². The van der Waals surface area contributed by atoms with Crippen LogP contribution in [0.15, 0.2) is 48.5 Å². The van der Waals surface area contributed by atoms with E-state index in [1.165, 1.54) is 30.0 Å². The van der Waals surface area contributed by atoms with Crippen molar-refractivity contribution < 1.29 is 9.13 Å². The number of hydrogen-bond acceptors (Lipinski definition) is 2. The summed E-state index contributed by atoms with van der Waals surface area (Å²) in [5, 5.41) is 3.51. The van der Waals surface area contributed by atoms with Crippen LogP contribution < -0.4 is 5.32 Å². The summed E-state index contributed by atoms with van der Waals surface area (Å²) in [5.41, 5.74) is 3.03. The first-order valence-electron chi connectivity index (χ1n) is 7.44. The van der Waals surface area contributed by atoms with Crippen molar-refractivity contribution in [2.24, 2.45) is 0 Å². The highest BCUT2D eigenvalue weighted by molar-refractivity contribution is 5.26. The SMILES string of the molecule is Fc1ccccc1COCc1ccccc1CNC1CC1. The molecule has 0 aliphatic heterocycles. The first-order chi connectivity index (χ1) is 10.3. The predicted octanol–water partition coefficient (Wildman–Crippen LogP) is 3.79. The van der Waals surface area contributed by atoms with Crippen LogP contribution in [0.2, 0.25) is 0 Å². The van der Waals surface area contributed by atoms with Crippen molar-refractivity contribution >= 4 is 0 Å². The summed E-state index contributed by atoms with van der Waals surface area (Å²) in [6, 6.07) is 15.7. The third-order valence-electron chi connectivity index (χ3n) is 3.75. The lowest BCUT2D eigenvalue weighted by atomic mass is 10.1. The highest BCUT2D eigenvalue weighted by Gasteiger charge is 2.20. The highest BCUT2D eigenvalue weighted by atomic mass is 19.1. The molecule has 0 atom stereocenters. The number of halogens is 1. The molecule has 0 unspecified atom stereocenters. The van der Waals surface area contributed by atoms with Gasteiger partial charge >= 0.3 is 0 Å². The van der Waals surface area contributed by atoms with Crippen molar-refractivity contribution in [3.63, 3.8) is 0 Å². The zero-order valence-corrected chi connectivity index (χ0v) is 12.0. The third-order valence-corrected chi connectivity index (χ3v) is 3.75. The molecule has 0 aromatic heterocycles. The Morgan fingerprint density at radius 2 is 1.52 bits per heavy atom. The van der Waals surface area contributed by atoms with Gasteiger partial charge in [0.15, 0.2) is 0 Å². The summed E-state index contributed by atoms with van der Waals surface area (Å²) in [4.78, 5) is 0. The Bertz CT molecular complexity index is 595. The minimum Gasteiger partial charge on any atom is -0.372 e. The Hall–Kier alpha value is -1.71. The average Bonchev–Trinajstić information content (AvgIpc) is 3.32. The predicted molar refractivity (Wildman–Crippen MR) is 81.2 cm³/mol. The van der Waals surface area contributed by atoms with Crippen LogP contribution in [0.4, 0.5) is 4.39 Å². The molecule has 2 aromatic carbocycles. The van der Waals surface area contributed by atoms with Crippen LogP contribution in [0.3, 0.4) is 0 Å². The Labute approximate surface area is 125 Å². The number of nitrogens with one attached hydrogen (secondary N) is 1. The van der Waals surface area contributed by atoms with Crippen molar-refractivity contribution in [3.05, 3.63) is 71.0 Å². The maximum absolute atomic E-state index is 13.5. The monoisotopic (exact) mass is 285 g/mol. The van der Waals surface area contributed by atoms with E-state index >= 15 is 0 Å². The summed E-state index contributed by atoms with van der Waals surface area (Å²) in [5.74, 6) is -0.207. The van der Waals surface area contributed by atoms with Crippen molar-refractivity contribution in [2.45, 2.75) is 38.6 Å². The van der Waals surface area contributed by atoms with E-state index in [1.807, 2.05) is 18.2 Å². The normalized spacial score (nSPS) is 14.3. The van der Waals surface area contributed by atoms with Crippen LogP contribution in [-0.4, -0.2) is 6.04 Å². The Morgan fingerprint density at radius 1 is 0.905 bits per heavy atom. The molecular weight excluding hydrogens is 265 g/mol. The van der Waals surface area contributed by atoms with Crippen LogP contribution in [-0.2, 0) is 24.5 Å². The maximum Gasteiger partial charge on any atom is 0.128 e. The zero-order chi connectivity index (χ0) is 14.5. The van der Waals surface area contributed by atoms with Gasteiger partial charge < -0.3 is 10.1 Å². The Balaban J connectivity index is 1.55. The largest absolute Gasteiger partial charge is 0.372 e. The lowest BCUT2D eigenvalue weighted by Crippen LogP contribution is -2.16. The molecule has 3 heteroatoms. The summed E-state index contributed by atoms with van der Waals surface area (Å²) < 4.78 is 19.2. The first kappa shape index (κ1) is 14.2. The van der Waals surface area contributed by atoms with Gasteiger partial charge in [-0.05, 0) is 30.0 Å². The van der Waals surface area contributed by atoms with Crippen molar-refractivity contribution in [2.75, 3.05) is 0 Å². The second-order valence-electron chi connectivity index (χ2n) is 5.51. The van der Waals surface area contributed by atoms with Gasteiger partial charge in [-0.25, -0.2) is 4.39 Å². The number of hydrogen-bond donors (Lipinski definition) is 1. The molecule has 0 amide bonds. The molecule has 1 fully saturated rings. The fourth-order valence-electron chi connectivity index (χ4n) is 2.30. The molecule has 110 valence electrons. The van der Waals surface area contributed by atoms with Gasteiger partial charge in [0, 0.05) is 18.2 Å². The van der Waals surface area contributed by atoms with E-state index in [0.717, 1.165) is 6.54 Å². The topological polar surface area (TPSA) is 21.3 Å². The van der Waals surface area contributed by atoms with Gasteiger partial charge in [0.1, 0.15) is 5.82 Å². The van der Waals surface area contributed by atoms with Crippen LogP contribution >= 0.6 is 0 Å². The van der Waals surface area contributed by atoms with E-state index in [4.69, 9.17) is 4.74 Å². The third kappa shape index (κ3) is 4.13. The van der Waals surface area contributed by atoms with Gasteiger partial charge in [-0.2, -0.15) is 0 Å². The van der Waals surface area contributed by atoms with E-state index in [9.17, 15) is 4.39 Å². The van der Waals surface area contributed by atoms with Crippen molar-refractivity contribution in [1.82, 2.24) is 5.32 Å². The van der Waals surface area contributed by atoms with Gasteiger partial charge in [-0.3, -0.25) is 0 Å². The fraction of sp³-hybridized carbons (Fsp3) is 0.333. The molecule has 2 nitrogen and oxygen atoms in total. The van der Waals surface area contributed by atoms with E-state index in [0.29, 0.717) is 24.8 Å². The molecule has 0 heterocycles. The van der Waals surface area contributed by atoms with E-state index < -0.39 is 0 Å². The average molecular weight is 285 g/mol. The standard InChI is InChI=1S/C18H20FNO/c19-18-8-4-3-7-16(18)13-21-12-15-6-2-1-5-14(15)11-20-17-9-10-17/h1-8,17,20H,9-13H2. The molecule has 1 aliphatic rings. The molecule has 3 rings (SSSR count). The Morgan fingerprint density at radius 3 is 2.24 bits per heavy atom. The molecule has 0 bridgehead atoms. The van der Waals surface area contributed by atoms with E-state index in [2.05, 4.69) is 17.4 Å². The van der Waals surface area contributed by atoms with Gasteiger partial charge in [0.25, 0.3) is 0 Å². The summed E-state index contributed by atoms with van der Waals surface area (Å²) in [7, 11) is 0. The minimum atomic E-state index is -0.207. The molecular formula is C18H20FNO. The molecule has 1 N–H and O–H groups in total. The quantitative estimate of drug-likeness (QED) is 0.835. The zero-order valence-electron chi connectivity index (χ0n) is 12.0. The molecule has 1 aliphatic carbocycles. The molecule has 1 saturated carbocycles. The molecule has 0 spiro atoms. The lowest BCUT2D eigenvalue weighted by Gasteiger charge is -2.11. The second-order valence-corrected chi connectivity index (χ2v) is 5.51. The van der Waals surface area contributed by atoms with Gasteiger partial charge in [0.2, 0.25) is 0 Å². The minimum absolute atomic E-state index is 0.207. The fourth-order valence-corrected chi connectivity index (χ4v) is 2.30. The molecule has 0 radical (unpaired) electrons. The van der Waals surface area contributed by atoms with Crippen LogP contribution in [0, 0.1) is 5.82 Å². The lowest BCUT2D eigenvalue weighted by molar-refractivity contribution is 0.104. The smallest absolute Gasteiger partial charge is 0.128 e. The summed E-state index contributed by atoms with van der Waals surface area (Å²) in [6.07, 6.45) is 2.57. The summed E-state index contributed by atoms with van der Waals surface area (Å²) >= 11 is 0. The maximum atomic E-state index is 13.5. The Kier molecular flexibility index (Phi) is 4.63. The first-order valence-corrected chi connectivity index (χ1v) is 7.44.